The quantitative estimate of drug-likeness (QED) is 0.766. The van der Waals surface area contributed by atoms with Crippen LogP contribution < -0.4 is 5.73 Å². The van der Waals surface area contributed by atoms with Crippen molar-refractivity contribution in [2.24, 2.45) is 5.73 Å². The Kier molecular flexibility index (Phi) is 2.46. The Labute approximate surface area is 98.8 Å². The summed E-state index contributed by atoms with van der Waals surface area (Å²) in [5, 5.41) is 1.08. The fraction of sp³-hybridized carbons (Fsp3) is 0.308. The second-order valence-electron chi connectivity index (χ2n) is 4.27. The Morgan fingerprint density at radius 1 is 1.47 bits per heavy atom. The summed E-state index contributed by atoms with van der Waals surface area (Å²) in [5.74, 6) is -0.0291. The average Bonchev–Trinajstić information content (AvgIpc) is 2.75. The van der Waals surface area contributed by atoms with E-state index < -0.39 is 0 Å². The van der Waals surface area contributed by atoms with Gasteiger partial charge in [0, 0.05) is 34.1 Å². The molecule has 0 unspecified atom stereocenters. The highest BCUT2D eigenvalue weighted by Crippen LogP contribution is 2.27. The molecule has 0 spiro atoms. The lowest BCUT2D eigenvalue weighted by Crippen LogP contribution is -2.13. The third kappa shape index (κ3) is 1.66. The smallest absolute Gasteiger partial charge is 0.176 e. The van der Waals surface area contributed by atoms with Crippen molar-refractivity contribution in [1.29, 1.82) is 0 Å². The minimum absolute atomic E-state index is 0.0291. The van der Waals surface area contributed by atoms with Gasteiger partial charge in [0.1, 0.15) is 0 Å². The van der Waals surface area contributed by atoms with Crippen LogP contribution in [0.2, 0.25) is 0 Å². The van der Waals surface area contributed by atoms with Crippen LogP contribution in [-0.2, 0) is 17.8 Å². The van der Waals surface area contributed by atoms with Gasteiger partial charge >= 0.3 is 0 Å². The zero-order valence-corrected chi connectivity index (χ0v) is 9.45. The number of ketones is 1. The molecule has 3 N–H and O–H groups in total. The summed E-state index contributed by atoms with van der Waals surface area (Å²) in [6, 6.07) is 5.67. The molecule has 0 amide bonds. The number of Topliss-reactive ketones (excluding diaryl/α,β-unsaturated/α-hetero) is 1. The van der Waals surface area contributed by atoms with Gasteiger partial charge in [0.15, 0.2) is 5.78 Å². The first-order valence-electron chi connectivity index (χ1n) is 5.74. The molecule has 0 radical (unpaired) electrons. The molecule has 88 valence electrons. The molecule has 0 aliphatic carbocycles. The zero-order chi connectivity index (χ0) is 11.8. The van der Waals surface area contributed by atoms with Crippen LogP contribution in [0.4, 0.5) is 0 Å². The maximum atomic E-state index is 11.6. The van der Waals surface area contributed by atoms with E-state index in [9.17, 15) is 4.79 Å². The molecule has 0 fully saturated rings. The van der Waals surface area contributed by atoms with Gasteiger partial charge in [0.25, 0.3) is 0 Å². The molecule has 1 aromatic heterocycles. The summed E-state index contributed by atoms with van der Waals surface area (Å²) in [5.41, 5.74) is 9.52. The van der Waals surface area contributed by atoms with Gasteiger partial charge in [-0.3, -0.25) is 4.79 Å². The molecule has 4 nitrogen and oxygen atoms in total. The van der Waals surface area contributed by atoms with Crippen molar-refractivity contribution in [2.45, 2.75) is 13.0 Å². The Balaban J connectivity index is 2.17. The monoisotopic (exact) mass is 230 g/mol. The van der Waals surface area contributed by atoms with E-state index in [0.29, 0.717) is 12.2 Å². The molecule has 4 heteroatoms. The van der Waals surface area contributed by atoms with Crippen LogP contribution >= 0.6 is 0 Å². The Morgan fingerprint density at radius 3 is 3.18 bits per heavy atom. The highest BCUT2D eigenvalue weighted by Gasteiger charge is 2.16. The van der Waals surface area contributed by atoms with E-state index in [4.69, 9.17) is 10.5 Å². The van der Waals surface area contributed by atoms with E-state index >= 15 is 0 Å². The van der Waals surface area contributed by atoms with Crippen molar-refractivity contribution in [3.05, 3.63) is 35.0 Å². The Hall–Kier alpha value is -1.65. The van der Waals surface area contributed by atoms with E-state index in [-0.39, 0.29) is 12.3 Å². The van der Waals surface area contributed by atoms with Crippen LogP contribution in [0.5, 0.6) is 0 Å². The minimum Gasteiger partial charge on any atom is -0.376 e. The lowest BCUT2D eigenvalue weighted by molar-refractivity contribution is 0.100. The summed E-state index contributed by atoms with van der Waals surface area (Å²) in [6.07, 6.45) is 0.907. The topological polar surface area (TPSA) is 68.1 Å². The minimum atomic E-state index is -0.0291. The number of carbonyl (C=O) groups is 1. The van der Waals surface area contributed by atoms with Crippen LogP contribution in [-0.4, -0.2) is 23.9 Å². The van der Waals surface area contributed by atoms with Crippen LogP contribution in [0.3, 0.4) is 0 Å². The van der Waals surface area contributed by atoms with Crippen LogP contribution in [0.15, 0.2) is 18.2 Å². The molecule has 17 heavy (non-hydrogen) atoms. The van der Waals surface area contributed by atoms with Crippen molar-refractivity contribution >= 4 is 16.7 Å². The van der Waals surface area contributed by atoms with Gasteiger partial charge in [-0.1, -0.05) is 0 Å². The maximum Gasteiger partial charge on any atom is 0.176 e. The molecule has 2 heterocycles. The van der Waals surface area contributed by atoms with Crippen LogP contribution in [0.1, 0.15) is 21.6 Å². The molecule has 1 aliphatic heterocycles. The van der Waals surface area contributed by atoms with Gasteiger partial charge < -0.3 is 15.5 Å². The summed E-state index contributed by atoms with van der Waals surface area (Å²) in [7, 11) is 0. The summed E-state index contributed by atoms with van der Waals surface area (Å²) < 4.78 is 5.46. The van der Waals surface area contributed by atoms with Crippen molar-refractivity contribution in [2.75, 3.05) is 13.2 Å². The van der Waals surface area contributed by atoms with E-state index in [0.717, 1.165) is 23.9 Å². The molecule has 3 rings (SSSR count). The van der Waals surface area contributed by atoms with Crippen LogP contribution in [0.25, 0.3) is 10.9 Å². The normalized spacial score (nSPS) is 14.9. The summed E-state index contributed by atoms with van der Waals surface area (Å²) >= 11 is 0. The molecule has 0 saturated carbocycles. The van der Waals surface area contributed by atoms with E-state index in [1.165, 1.54) is 11.3 Å². The molecule has 0 bridgehead atoms. The fourth-order valence-corrected chi connectivity index (χ4v) is 2.32. The molecule has 1 aliphatic rings. The lowest BCUT2D eigenvalue weighted by Gasteiger charge is -2.11. The largest absolute Gasteiger partial charge is 0.376 e. The van der Waals surface area contributed by atoms with Gasteiger partial charge in [-0.05, 0) is 18.2 Å². The Bertz CT molecular complexity index is 586. The first-order valence-corrected chi connectivity index (χ1v) is 5.74. The predicted octanol–water partition coefficient (Wildman–Crippen LogP) is 1.38. The standard InChI is InChI=1S/C13H14N2O2/c14-6-13(16)8-1-2-11-9(5-8)10-7-17-4-3-12(10)15-11/h1-2,5,15H,3-4,6-7,14H2. The number of H-pyrrole nitrogens is 1. The van der Waals surface area contributed by atoms with Crippen molar-refractivity contribution in [1.82, 2.24) is 4.98 Å². The number of fused-ring (bicyclic) bond motifs is 3. The number of nitrogens with one attached hydrogen (secondary N) is 1. The van der Waals surface area contributed by atoms with Crippen molar-refractivity contribution in [3.63, 3.8) is 0 Å². The highest BCUT2D eigenvalue weighted by atomic mass is 16.5. The molecular weight excluding hydrogens is 216 g/mol. The van der Waals surface area contributed by atoms with Crippen molar-refractivity contribution < 1.29 is 9.53 Å². The zero-order valence-electron chi connectivity index (χ0n) is 9.45. The molecular formula is C13H14N2O2. The number of benzene rings is 1. The number of hydrogen-bond donors (Lipinski definition) is 2. The highest BCUT2D eigenvalue weighted by molar-refractivity contribution is 6.01. The second-order valence-corrected chi connectivity index (χ2v) is 4.27. The lowest BCUT2D eigenvalue weighted by atomic mass is 10.0. The SMILES string of the molecule is NCC(=O)c1ccc2[nH]c3c(c2c1)COCC3. The van der Waals surface area contributed by atoms with Gasteiger partial charge in [0.2, 0.25) is 0 Å². The number of hydrogen-bond acceptors (Lipinski definition) is 3. The maximum absolute atomic E-state index is 11.6. The third-order valence-electron chi connectivity index (χ3n) is 3.24. The number of aromatic nitrogens is 1. The van der Waals surface area contributed by atoms with Crippen LogP contribution in [0, 0.1) is 0 Å². The predicted molar refractivity (Wildman–Crippen MR) is 65.0 cm³/mol. The summed E-state index contributed by atoms with van der Waals surface area (Å²) in [4.78, 5) is 15.0. The molecule has 0 saturated heterocycles. The number of carbonyl (C=O) groups excluding carboxylic acids is 1. The first kappa shape index (κ1) is 10.5. The van der Waals surface area contributed by atoms with Gasteiger partial charge in [-0.2, -0.15) is 0 Å². The molecule has 2 aromatic rings. The average molecular weight is 230 g/mol. The summed E-state index contributed by atoms with van der Waals surface area (Å²) in [6.45, 7) is 1.43. The Morgan fingerprint density at radius 2 is 2.35 bits per heavy atom. The van der Waals surface area contributed by atoms with Gasteiger partial charge in [-0.25, -0.2) is 0 Å². The van der Waals surface area contributed by atoms with Gasteiger partial charge in [-0.15, -0.1) is 0 Å². The molecule has 1 aromatic carbocycles. The second kappa shape index (κ2) is 3.98. The first-order chi connectivity index (χ1) is 8.29. The fourth-order valence-electron chi connectivity index (χ4n) is 2.32. The number of ether oxygens (including phenoxy) is 1. The van der Waals surface area contributed by atoms with E-state index in [1.54, 1.807) is 0 Å². The third-order valence-corrected chi connectivity index (χ3v) is 3.24. The number of aromatic amines is 1. The number of nitrogens with two attached hydrogens (primary N) is 1. The number of rotatable bonds is 2. The van der Waals surface area contributed by atoms with Crippen molar-refractivity contribution in [3.8, 4) is 0 Å². The van der Waals surface area contributed by atoms with Gasteiger partial charge in [0.05, 0.1) is 19.8 Å². The van der Waals surface area contributed by atoms with E-state index in [2.05, 4.69) is 4.98 Å². The van der Waals surface area contributed by atoms with E-state index in [1.807, 2.05) is 18.2 Å². The molecule has 0 atom stereocenters.